The van der Waals surface area contributed by atoms with E-state index in [1.165, 1.54) is 6.42 Å². The van der Waals surface area contributed by atoms with Crippen LogP contribution in [0.3, 0.4) is 0 Å². The summed E-state index contributed by atoms with van der Waals surface area (Å²) in [7, 11) is 6.61. The monoisotopic (exact) mass is 307 g/mol. The predicted molar refractivity (Wildman–Crippen MR) is 87.0 cm³/mol. The minimum Gasteiger partial charge on any atom is -0.493 e. The molecule has 0 aromatic heterocycles. The van der Waals surface area contributed by atoms with Crippen molar-refractivity contribution < 1.29 is 14.2 Å². The van der Waals surface area contributed by atoms with E-state index in [1.54, 1.807) is 28.4 Å². The SMILES string of the molecule is CN=C(NCc1ccc(OC)c(OC)c1OC)NC1CC1C. The van der Waals surface area contributed by atoms with Crippen molar-refractivity contribution in [3.63, 3.8) is 0 Å². The van der Waals surface area contributed by atoms with Crippen LogP contribution in [-0.2, 0) is 6.54 Å². The summed E-state index contributed by atoms with van der Waals surface area (Å²) in [6, 6.07) is 4.36. The lowest BCUT2D eigenvalue weighted by atomic mass is 10.1. The van der Waals surface area contributed by atoms with Gasteiger partial charge >= 0.3 is 0 Å². The van der Waals surface area contributed by atoms with E-state index in [0.717, 1.165) is 11.5 Å². The van der Waals surface area contributed by atoms with Crippen molar-refractivity contribution in [2.45, 2.75) is 25.9 Å². The molecule has 2 atom stereocenters. The lowest BCUT2D eigenvalue weighted by Crippen LogP contribution is -2.38. The lowest BCUT2D eigenvalue weighted by Gasteiger charge is -2.17. The van der Waals surface area contributed by atoms with Gasteiger partial charge in [-0.1, -0.05) is 6.92 Å². The molecular formula is C16H25N3O3. The number of rotatable bonds is 6. The van der Waals surface area contributed by atoms with Crippen LogP contribution in [0.1, 0.15) is 18.9 Å². The van der Waals surface area contributed by atoms with Crippen LogP contribution in [0.25, 0.3) is 0 Å². The van der Waals surface area contributed by atoms with Gasteiger partial charge in [-0.3, -0.25) is 4.99 Å². The maximum absolute atomic E-state index is 5.48. The van der Waals surface area contributed by atoms with Crippen molar-refractivity contribution >= 4 is 5.96 Å². The van der Waals surface area contributed by atoms with Crippen molar-refractivity contribution in [1.82, 2.24) is 10.6 Å². The van der Waals surface area contributed by atoms with Crippen LogP contribution >= 0.6 is 0 Å². The summed E-state index contributed by atoms with van der Waals surface area (Å²) >= 11 is 0. The van der Waals surface area contributed by atoms with E-state index < -0.39 is 0 Å². The highest BCUT2D eigenvalue weighted by Gasteiger charge is 2.33. The minimum atomic E-state index is 0.526. The van der Waals surface area contributed by atoms with Crippen LogP contribution in [0.4, 0.5) is 0 Å². The number of nitrogens with zero attached hydrogens (tertiary/aromatic N) is 1. The quantitative estimate of drug-likeness (QED) is 0.619. The molecule has 2 unspecified atom stereocenters. The zero-order chi connectivity index (χ0) is 16.1. The van der Waals surface area contributed by atoms with Gasteiger partial charge in [0.2, 0.25) is 5.75 Å². The zero-order valence-electron chi connectivity index (χ0n) is 13.9. The third-order valence-corrected chi connectivity index (χ3v) is 3.89. The highest BCUT2D eigenvalue weighted by Crippen LogP contribution is 2.39. The number of nitrogens with one attached hydrogen (secondary N) is 2. The Bertz CT molecular complexity index is 546. The van der Waals surface area contributed by atoms with Crippen molar-refractivity contribution in [1.29, 1.82) is 0 Å². The van der Waals surface area contributed by atoms with E-state index in [2.05, 4.69) is 22.5 Å². The van der Waals surface area contributed by atoms with Gasteiger partial charge in [0.05, 0.1) is 21.3 Å². The van der Waals surface area contributed by atoms with Gasteiger partial charge in [-0.2, -0.15) is 0 Å². The molecule has 2 rings (SSSR count). The van der Waals surface area contributed by atoms with Gasteiger partial charge in [0.1, 0.15) is 0 Å². The van der Waals surface area contributed by atoms with E-state index in [-0.39, 0.29) is 0 Å². The second-order valence-corrected chi connectivity index (χ2v) is 5.38. The number of hydrogen-bond donors (Lipinski definition) is 2. The van der Waals surface area contributed by atoms with E-state index in [0.29, 0.717) is 35.8 Å². The second-order valence-electron chi connectivity index (χ2n) is 5.38. The fraction of sp³-hybridized carbons (Fsp3) is 0.562. The fourth-order valence-electron chi connectivity index (χ4n) is 2.37. The summed E-state index contributed by atoms with van der Waals surface area (Å²) in [4.78, 5) is 4.25. The van der Waals surface area contributed by atoms with Gasteiger partial charge in [-0.15, -0.1) is 0 Å². The molecule has 0 saturated heterocycles. The van der Waals surface area contributed by atoms with E-state index in [9.17, 15) is 0 Å². The van der Waals surface area contributed by atoms with E-state index >= 15 is 0 Å². The average Bonchev–Trinajstić information content (AvgIpc) is 3.24. The molecule has 0 radical (unpaired) electrons. The maximum Gasteiger partial charge on any atom is 0.203 e. The normalized spacial score (nSPS) is 20.3. The second kappa shape index (κ2) is 7.24. The topological polar surface area (TPSA) is 64.1 Å². The van der Waals surface area contributed by atoms with Crippen molar-refractivity contribution in [3.8, 4) is 17.2 Å². The molecule has 0 amide bonds. The first-order valence-corrected chi connectivity index (χ1v) is 7.39. The van der Waals surface area contributed by atoms with Crippen LogP contribution in [0.2, 0.25) is 0 Å². The Balaban J connectivity index is 2.08. The molecule has 22 heavy (non-hydrogen) atoms. The van der Waals surface area contributed by atoms with Crippen LogP contribution in [0.5, 0.6) is 17.2 Å². The number of hydrogen-bond acceptors (Lipinski definition) is 4. The number of benzene rings is 1. The van der Waals surface area contributed by atoms with Gasteiger partial charge in [-0.05, 0) is 24.5 Å². The molecule has 6 nitrogen and oxygen atoms in total. The van der Waals surface area contributed by atoms with Gasteiger partial charge < -0.3 is 24.8 Å². The average molecular weight is 307 g/mol. The number of ether oxygens (including phenoxy) is 3. The van der Waals surface area contributed by atoms with Crippen LogP contribution in [-0.4, -0.2) is 40.4 Å². The molecule has 1 aromatic carbocycles. The first-order valence-electron chi connectivity index (χ1n) is 7.39. The highest BCUT2D eigenvalue weighted by atomic mass is 16.5. The molecule has 0 spiro atoms. The summed E-state index contributed by atoms with van der Waals surface area (Å²) in [5.41, 5.74) is 0.979. The molecule has 0 bridgehead atoms. The van der Waals surface area contributed by atoms with E-state index in [1.807, 2.05) is 12.1 Å². The molecule has 1 aliphatic carbocycles. The lowest BCUT2D eigenvalue weighted by molar-refractivity contribution is 0.322. The Morgan fingerprint density at radius 3 is 2.36 bits per heavy atom. The van der Waals surface area contributed by atoms with Crippen molar-refractivity contribution in [3.05, 3.63) is 17.7 Å². The summed E-state index contributed by atoms with van der Waals surface area (Å²) in [6.07, 6.45) is 1.19. The molecule has 2 N–H and O–H groups in total. The summed E-state index contributed by atoms with van der Waals surface area (Å²) in [5, 5.41) is 6.70. The molecule has 1 aliphatic rings. The van der Waals surface area contributed by atoms with Gasteiger partial charge in [0.15, 0.2) is 17.5 Å². The number of methoxy groups -OCH3 is 3. The predicted octanol–water partition coefficient (Wildman–Crippen LogP) is 1.79. The Hall–Kier alpha value is -2.11. The van der Waals surface area contributed by atoms with Gasteiger partial charge in [0.25, 0.3) is 0 Å². The summed E-state index contributed by atoms with van der Waals surface area (Å²) in [5.74, 6) is 3.44. The molecule has 1 fully saturated rings. The smallest absolute Gasteiger partial charge is 0.203 e. The molecule has 122 valence electrons. The zero-order valence-corrected chi connectivity index (χ0v) is 13.9. The third-order valence-electron chi connectivity index (χ3n) is 3.89. The summed E-state index contributed by atoms with van der Waals surface area (Å²) in [6.45, 7) is 2.81. The van der Waals surface area contributed by atoms with Crippen LogP contribution < -0.4 is 24.8 Å². The fourth-order valence-corrected chi connectivity index (χ4v) is 2.37. The molecule has 1 aromatic rings. The maximum atomic E-state index is 5.48. The Morgan fingerprint density at radius 1 is 1.18 bits per heavy atom. The molecular weight excluding hydrogens is 282 g/mol. The Morgan fingerprint density at radius 2 is 1.86 bits per heavy atom. The van der Waals surface area contributed by atoms with Crippen LogP contribution in [0.15, 0.2) is 17.1 Å². The summed E-state index contributed by atoms with van der Waals surface area (Å²) < 4.78 is 16.2. The van der Waals surface area contributed by atoms with E-state index in [4.69, 9.17) is 14.2 Å². The van der Waals surface area contributed by atoms with Crippen molar-refractivity contribution in [2.75, 3.05) is 28.4 Å². The third kappa shape index (κ3) is 3.55. The first kappa shape index (κ1) is 16.3. The highest BCUT2D eigenvalue weighted by molar-refractivity contribution is 5.80. The molecule has 6 heteroatoms. The molecule has 1 saturated carbocycles. The number of guanidine groups is 1. The largest absolute Gasteiger partial charge is 0.493 e. The number of aliphatic imine (C=N–C) groups is 1. The molecule has 0 aliphatic heterocycles. The van der Waals surface area contributed by atoms with Crippen molar-refractivity contribution in [2.24, 2.45) is 10.9 Å². The minimum absolute atomic E-state index is 0.526. The first-order chi connectivity index (χ1) is 10.6. The Labute approximate surface area is 131 Å². The van der Waals surface area contributed by atoms with Gasteiger partial charge in [-0.25, -0.2) is 0 Å². The van der Waals surface area contributed by atoms with Gasteiger partial charge in [0, 0.05) is 25.2 Å². The standard InChI is InChI=1S/C16H25N3O3/c1-10-8-12(10)19-16(17-2)18-9-11-6-7-13(20-3)15(22-5)14(11)21-4/h6-7,10,12H,8-9H2,1-5H3,(H2,17,18,19). The van der Waals surface area contributed by atoms with Crippen LogP contribution in [0, 0.1) is 5.92 Å². The molecule has 0 heterocycles. The Kier molecular flexibility index (Phi) is 5.35.